The monoisotopic (exact) mass is 304 g/mol. The van der Waals surface area contributed by atoms with Gasteiger partial charge < -0.3 is 4.74 Å². The molecule has 0 unspecified atom stereocenters. The number of hydrogen-bond acceptors (Lipinski definition) is 2. The van der Waals surface area contributed by atoms with Crippen LogP contribution in [0.4, 0.5) is 0 Å². The number of carbonyl (C=O) groups excluding carboxylic acids is 1. The van der Waals surface area contributed by atoms with Crippen LogP contribution in [0.1, 0.15) is 21.5 Å². The van der Waals surface area contributed by atoms with Gasteiger partial charge in [-0.1, -0.05) is 33.6 Å². The minimum atomic E-state index is -0.333. The van der Waals surface area contributed by atoms with Crippen LogP contribution in [-0.4, -0.2) is 5.97 Å². The van der Waals surface area contributed by atoms with E-state index in [4.69, 9.17) is 4.74 Å². The van der Waals surface area contributed by atoms with Crippen LogP contribution in [0.3, 0.4) is 0 Å². The zero-order valence-electron chi connectivity index (χ0n) is 10.2. The summed E-state index contributed by atoms with van der Waals surface area (Å²) in [5.41, 5.74) is 2.64. The third-order valence-corrected chi connectivity index (χ3v) is 3.48. The van der Waals surface area contributed by atoms with Crippen molar-refractivity contribution in [2.45, 2.75) is 13.8 Å². The van der Waals surface area contributed by atoms with E-state index in [9.17, 15) is 4.79 Å². The van der Waals surface area contributed by atoms with Gasteiger partial charge in [0.15, 0.2) is 0 Å². The van der Waals surface area contributed by atoms with Gasteiger partial charge in [0.2, 0.25) is 0 Å². The molecular formula is C15H13BrO2. The van der Waals surface area contributed by atoms with Gasteiger partial charge in [0, 0.05) is 4.47 Å². The van der Waals surface area contributed by atoms with Gasteiger partial charge in [-0.15, -0.1) is 0 Å². The van der Waals surface area contributed by atoms with Crippen LogP contribution in [-0.2, 0) is 0 Å². The lowest BCUT2D eigenvalue weighted by atomic mass is 10.1. The van der Waals surface area contributed by atoms with Gasteiger partial charge in [0.1, 0.15) is 5.75 Å². The molecule has 0 amide bonds. The quantitative estimate of drug-likeness (QED) is 0.611. The highest BCUT2D eigenvalue weighted by Gasteiger charge is 2.09. The highest BCUT2D eigenvalue weighted by molar-refractivity contribution is 9.10. The predicted molar refractivity (Wildman–Crippen MR) is 75.0 cm³/mol. The summed E-state index contributed by atoms with van der Waals surface area (Å²) in [7, 11) is 0. The summed E-state index contributed by atoms with van der Waals surface area (Å²) in [6, 6.07) is 12.8. The first-order valence-corrected chi connectivity index (χ1v) is 6.40. The highest BCUT2D eigenvalue weighted by atomic mass is 79.9. The molecule has 92 valence electrons. The van der Waals surface area contributed by atoms with Crippen LogP contribution in [0.25, 0.3) is 0 Å². The van der Waals surface area contributed by atoms with E-state index in [2.05, 4.69) is 15.9 Å². The molecule has 0 aliphatic rings. The lowest BCUT2D eigenvalue weighted by Gasteiger charge is -2.06. The Morgan fingerprint density at radius 1 is 1.11 bits per heavy atom. The van der Waals surface area contributed by atoms with Crippen molar-refractivity contribution < 1.29 is 9.53 Å². The van der Waals surface area contributed by atoms with Crippen molar-refractivity contribution in [1.82, 2.24) is 0 Å². The van der Waals surface area contributed by atoms with Crippen LogP contribution in [0.2, 0.25) is 0 Å². The topological polar surface area (TPSA) is 26.3 Å². The summed E-state index contributed by atoms with van der Waals surface area (Å²) < 4.78 is 6.33. The number of hydrogen-bond donors (Lipinski definition) is 0. The van der Waals surface area contributed by atoms with Crippen molar-refractivity contribution in [1.29, 1.82) is 0 Å². The molecule has 3 heteroatoms. The normalized spacial score (nSPS) is 10.2. The largest absolute Gasteiger partial charge is 0.423 e. The number of aryl methyl sites for hydroxylation is 2. The fourth-order valence-corrected chi connectivity index (χ4v) is 1.87. The molecule has 0 saturated heterocycles. The van der Waals surface area contributed by atoms with Crippen LogP contribution in [0, 0.1) is 13.8 Å². The van der Waals surface area contributed by atoms with Crippen LogP contribution < -0.4 is 4.74 Å². The molecule has 2 aromatic rings. The molecule has 0 bridgehead atoms. The Labute approximate surface area is 115 Å². The van der Waals surface area contributed by atoms with Gasteiger partial charge in [0.05, 0.1) is 5.56 Å². The molecule has 0 fully saturated rings. The number of esters is 1. The van der Waals surface area contributed by atoms with E-state index in [-0.39, 0.29) is 5.97 Å². The SMILES string of the molecule is Cc1cccc(C(=O)Oc2ccc(Br)c(C)c2)c1. The van der Waals surface area contributed by atoms with Gasteiger partial charge >= 0.3 is 5.97 Å². The molecule has 0 radical (unpaired) electrons. The van der Waals surface area contributed by atoms with E-state index < -0.39 is 0 Å². The van der Waals surface area contributed by atoms with Crippen LogP contribution >= 0.6 is 15.9 Å². The Bertz CT molecular complexity index is 591. The first-order chi connectivity index (χ1) is 8.56. The molecule has 0 aliphatic heterocycles. The molecule has 0 heterocycles. The molecule has 18 heavy (non-hydrogen) atoms. The smallest absolute Gasteiger partial charge is 0.343 e. The molecule has 0 saturated carbocycles. The maximum atomic E-state index is 11.9. The number of rotatable bonds is 2. The summed E-state index contributed by atoms with van der Waals surface area (Å²) in [4.78, 5) is 11.9. The maximum absolute atomic E-state index is 11.9. The van der Waals surface area contributed by atoms with Crippen molar-refractivity contribution in [2.75, 3.05) is 0 Å². The summed E-state index contributed by atoms with van der Waals surface area (Å²) in [5.74, 6) is 0.225. The van der Waals surface area contributed by atoms with Gasteiger partial charge in [-0.3, -0.25) is 0 Å². The number of ether oxygens (including phenoxy) is 1. The third kappa shape index (κ3) is 2.99. The molecular weight excluding hydrogens is 292 g/mol. The standard InChI is InChI=1S/C15H13BrO2/c1-10-4-3-5-12(8-10)15(17)18-13-6-7-14(16)11(2)9-13/h3-9H,1-2H3. The number of benzene rings is 2. The van der Waals surface area contributed by atoms with Crippen molar-refractivity contribution >= 4 is 21.9 Å². The second-order valence-corrected chi connectivity index (χ2v) is 5.02. The molecule has 0 aliphatic carbocycles. The molecule has 2 nitrogen and oxygen atoms in total. The Balaban J connectivity index is 2.18. The van der Waals surface area contributed by atoms with Gasteiger partial charge in [-0.25, -0.2) is 4.79 Å². The summed E-state index contributed by atoms with van der Waals surface area (Å²) in [6.07, 6.45) is 0. The second kappa shape index (κ2) is 5.36. The number of halogens is 1. The Morgan fingerprint density at radius 3 is 2.56 bits per heavy atom. The predicted octanol–water partition coefficient (Wildman–Crippen LogP) is 4.29. The van der Waals surface area contributed by atoms with E-state index in [1.165, 1.54) is 0 Å². The number of carbonyl (C=O) groups is 1. The lowest BCUT2D eigenvalue weighted by molar-refractivity contribution is 0.0734. The zero-order chi connectivity index (χ0) is 13.1. The van der Waals surface area contributed by atoms with Crippen LogP contribution in [0.15, 0.2) is 46.9 Å². The van der Waals surface area contributed by atoms with E-state index in [1.54, 1.807) is 12.1 Å². The van der Waals surface area contributed by atoms with Crippen molar-refractivity contribution in [3.63, 3.8) is 0 Å². The fourth-order valence-electron chi connectivity index (χ4n) is 1.62. The zero-order valence-corrected chi connectivity index (χ0v) is 11.8. The van der Waals surface area contributed by atoms with Crippen molar-refractivity contribution in [3.05, 3.63) is 63.6 Å². The third-order valence-electron chi connectivity index (χ3n) is 2.59. The fraction of sp³-hybridized carbons (Fsp3) is 0.133. The van der Waals surface area contributed by atoms with Gasteiger partial charge in [-0.05, 0) is 49.7 Å². The maximum Gasteiger partial charge on any atom is 0.343 e. The molecule has 0 N–H and O–H groups in total. The Hall–Kier alpha value is -1.61. The van der Waals surface area contributed by atoms with Crippen molar-refractivity contribution in [3.8, 4) is 5.75 Å². The molecule has 0 spiro atoms. The van der Waals surface area contributed by atoms with Gasteiger partial charge in [-0.2, -0.15) is 0 Å². The summed E-state index contributed by atoms with van der Waals surface area (Å²) in [6.45, 7) is 3.90. The molecule has 0 aromatic heterocycles. The summed E-state index contributed by atoms with van der Waals surface area (Å²) >= 11 is 3.41. The first-order valence-electron chi connectivity index (χ1n) is 5.61. The highest BCUT2D eigenvalue weighted by Crippen LogP contribution is 2.22. The molecule has 2 aromatic carbocycles. The van der Waals surface area contributed by atoms with Crippen LogP contribution in [0.5, 0.6) is 5.75 Å². The van der Waals surface area contributed by atoms with E-state index in [0.717, 1.165) is 15.6 Å². The van der Waals surface area contributed by atoms with E-state index >= 15 is 0 Å². The Kier molecular flexibility index (Phi) is 3.82. The first kappa shape index (κ1) is 12.8. The van der Waals surface area contributed by atoms with E-state index in [0.29, 0.717) is 11.3 Å². The van der Waals surface area contributed by atoms with Gasteiger partial charge in [0.25, 0.3) is 0 Å². The minimum absolute atomic E-state index is 0.333. The average Bonchev–Trinajstić information content (AvgIpc) is 2.34. The Morgan fingerprint density at radius 2 is 1.89 bits per heavy atom. The second-order valence-electron chi connectivity index (χ2n) is 4.17. The van der Waals surface area contributed by atoms with E-state index in [1.807, 2.05) is 44.2 Å². The molecule has 2 rings (SSSR count). The lowest BCUT2D eigenvalue weighted by Crippen LogP contribution is -2.08. The average molecular weight is 305 g/mol. The molecule has 0 atom stereocenters. The minimum Gasteiger partial charge on any atom is -0.423 e. The summed E-state index contributed by atoms with van der Waals surface area (Å²) in [5, 5.41) is 0. The van der Waals surface area contributed by atoms with Crippen molar-refractivity contribution in [2.24, 2.45) is 0 Å².